The van der Waals surface area contributed by atoms with Crippen molar-refractivity contribution in [3.8, 4) is 11.5 Å². The van der Waals surface area contributed by atoms with Crippen LogP contribution in [0.5, 0.6) is 11.5 Å². The third-order valence-electron chi connectivity index (χ3n) is 4.83. The summed E-state index contributed by atoms with van der Waals surface area (Å²) in [6.45, 7) is 6.97. The number of hydrogen-bond acceptors (Lipinski definition) is 2. The number of hydrogen-bond donors (Lipinski definition) is 0. The van der Waals surface area contributed by atoms with Crippen LogP contribution < -0.4 is 4.74 Å². The molecule has 0 aliphatic rings. The Balaban J connectivity index is 1.86. The first-order valence-electron chi connectivity index (χ1n) is 9.72. The summed E-state index contributed by atoms with van der Waals surface area (Å²) >= 11 is 6.40. The van der Waals surface area contributed by atoms with Gasteiger partial charge >= 0.3 is 0 Å². The SMILES string of the molecule is CCCOC(C)(Cc1cccc(Oc2ccccc2)c1)c1ccc(C)c(Cl)c1. The molecule has 0 saturated heterocycles. The van der Waals surface area contributed by atoms with Crippen LogP contribution in [0, 0.1) is 6.92 Å². The minimum atomic E-state index is -0.460. The lowest BCUT2D eigenvalue weighted by atomic mass is 9.88. The van der Waals surface area contributed by atoms with Crippen LogP contribution in [0.3, 0.4) is 0 Å². The molecule has 3 aromatic rings. The molecule has 0 N–H and O–H groups in total. The van der Waals surface area contributed by atoms with Crippen LogP contribution in [-0.4, -0.2) is 6.61 Å². The summed E-state index contributed by atoms with van der Waals surface area (Å²) in [5, 5.41) is 0.769. The maximum absolute atomic E-state index is 6.40. The van der Waals surface area contributed by atoms with Crippen LogP contribution in [0.2, 0.25) is 5.02 Å². The third-order valence-corrected chi connectivity index (χ3v) is 5.23. The Morgan fingerprint density at radius 2 is 1.64 bits per heavy atom. The smallest absolute Gasteiger partial charge is 0.127 e. The number of halogens is 1. The van der Waals surface area contributed by atoms with E-state index < -0.39 is 5.60 Å². The monoisotopic (exact) mass is 394 g/mol. The van der Waals surface area contributed by atoms with Crippen molar-refractivity contribution in [3.63, 3.8) is 0 Å². The van der Waals surface area contributed by atoms with Crippen molar-refractivity contribution in [2.45, 2.75) is 39.2 Å². The summed E-state index contributed by atoms with van der Waals surface area (Å²) in [5.41, 5.74) is 2.86. The molecule has 0 saturated carbocycles. The second-order valence-electron chi connectivity index (χ2n) is 7.28. The second kappa shape index (κ2) is 9.27. The zero-order chi connectivity index (χ0) is 20.0. The summed E-state index contributed by atoms with van der Waals surface area (Å²) in [6.07, 6.45) is 1.70. The molecule has 0 aliphatic carbocycles. The molecule has 3 heteroatoms. The van der Waals surface area contributed by atoms with Gasteiger partial charge in [0.25, 0.3) is 0 Å². The Labute approximate surface area is 173 Å². The summed E-state index contributed by atoms with van der Waals surface area (Å²) in [5.74, 6) is 1.65. The summed E-state index contributed by atoms with van der Waals surface area (Å²) < 4.78 is 12.3. The van der Waals surface area contributed by atoms with Crippen molar-refractivity contribution >= 4 is 11.6 Å². The predicted molar refractivity (Wildman–Crippen MR) is 116 cm³/mol. The first kappa shape index (κ1) is 20.4. The van der Waals surface area contributed by atoms with E-state index in [-0.39, 0.29) is 0 Å². The van der Waals surface area contributed by atoms with E-state index in [1.165, 1.54) is 0 Å². The molecule has 3 aromatic carbocycles. The van der Waals surface area contributed by atoms with Gasteiger partial charge in [0, 0.05) is 18.1 Å². The fraction of sp³-hybridized carbons (Fsp3) is 0.280. The molecule has 146 valence electrons. The third kappa shape index (κ3) is 5.15. The van der Waals surface area contributed by atoms with Crippen LogP contribution in [-0.2, 0) is 16.8 Å². The number of rotatable bonds is 8. The van der Waals surface area contributed by atoms with Crippen molar-refractivity contribution < 1.29 is 9.47 Å². The average molecular weight is 395 g/mol. The Kier molecular flexibility index (Phi) is 6.77. The van der Waals surface area contributed by atoms with Gasteiger partial charge in [-0.3, -0.25) is 0 Å². The molecular weight excluding hydrogens is 368 g/mol. The quantitative estimate of drug-likeness (QED) is 0.398. The highest BCUT2D eigenvalue weighted by Crippen LogP contribution is 2.34. The Hall–Kier alpha value is -2.29. The number of aryl methyl sites for hydroxylation is 1. The van der Waals surface area contributed by atoms with Gasteiger partial charge in [-0.25, -0.2) is 0 Å². The van der Waals surface area contributed by atoms with Crippen LogP contribution >= 0.6 is 11.6 Å². The molecule has 28 heavy (non-hydrogen) atoms. The Morgan fingerprint density at radius 3 is 2.36 bits per heavy atom. The fourth-order valence-electron chi connectivity index (χ4n) is 3.22. The van der Waals surface area contributed by atoms with E-state index in [9.17, 15) is 0 Å². The van der Waals surface area contributed by atoms with Crippen molar-refractivity contribution in [3.05, 3.63) is 94.5 Å². The highest BCUT2D eigenvalue weighted by Gasteiger charge is 2.28. The molecule has 0 spiro atoms. The lowest BCUT2D eigenvalue weighted by Crippen LogP contribution is -2.29. The van der Waals surface area contributed by atoms with Crippen molar-refractivity contribution in [1.82, 2.24) is 0 Å². The molecular formula is C25H27ClO2. The van der Waals surface area contributed by atoms with E-state index in [1.54, 1.807) is 0 Å². The van der Waals surface area contributed by atoms with E-state index in [0.717, 1.165) is 46.1 Å². The molecule has 1 unspecified atom stereocenters. The summed E-state index contributed by atoms with van der Waals surface area (Å²) in [4.78, 5) is 0. The molecule has 0 fully saturated rings. The molecule has 0 bridgehead atoms. The topological polar surface area (TPSA) is 18.5 Å². The first-order chi connectivity index (χ1) is 13.5. The van der Waals surface area contributed by atoms with Crippen molar-refractivity contribution in [2.75, 3.05) is 6.61 Å². The molecule has 2 nitrogen and oxygen atoms in total. The number of benzene rings is 3. The predicted octanol–water partition coefficient (Wildman–Crippen LogP) is 7.33. The Morgan fingerprint density at radius 1 is 0.893 bits per heavy atom. The highest BCUT2D eigenvalue weighted by molar-refractivity contribution is 6.31. The van der Waals surface area contributed by atoms with Gasteiger partial charge in [-0.15, -0.1) is 0 Å². The maximum atomic E-state index is 6.40. The first-order valence-corrected chi connectivity index (χ1v) is 10.1. The number of para-hydroxylation sites is 1. The zero-order valence-electron chi connectivity index (χ0n) is 16.7. The van der Waals surface area contributed by atoms with Gasteiger partial charge in [-0.1, -0.05) is 61.0 Å². The van der Waals surface area contributed by atoms with Gasteiger partial charge in [-0.2, -0.15) is 0 Å². The molecule has 0 amide bonds. The second-order valence-corrected chi connectivity index (χ2v) is 7.69. The summed E-state index contributed by atoms with van der Waals surface area (Å²) in [7, 11) is 0. The highest BCUT2D eigenvalue weighted by atomic mass is 35.5. The van der Waals surface area contributed by atoms with E-state index in [0.29, 0.717) is 6.61 Å². The van der Waals surface area contributed by atoms with Gasteiger partial charge < -0.3 is 9.47 Å². The van der Waals surface area contributed by atoms with Gasteiger partial charge in [0.05, 0.1) is 5.60 Å². The average Bonchev–Trinajstić information content (AvgIpc) is 2.69. The van der Waals surface area contributed by atoms with Gasteiger partial charge in [0.2, 0.25) is 0 Å². The molecule has 0 aliphatic heterocycles. The standard InChI is InChI=1S/C25H27ClO2/c1-4-15-27-25(3,21-14-13-19(2)24(26)17-21)18-20-9-8-12-23(16-20)28-22-10-6-5-7-11-22/h5-14,16-17H,4,15,18H2,1-3H3. The minimum Gasteiger partial charge on any atom is -0.457 e. The lowest BCUT2D eigenvalue weighted by molar-refractivity contribution is -0.0359. The van der Waals surface area contributed by atoms with Crippen LogP contribution in [0.4, 0.5) is 0 Å². The molecule has 1 atom stereocenters. The fourth-order valence-corrected chi connectivity index (χ4v) is 3.40. The Bertz CT molecular complexity index is 907. The van der Waals surface area contributed by atoms with Crippen LogP contribution in [0.25, 0.3) is 0 Å². The van der Waals surface area contributed by atoms with E-state index in [1.807, 2.05) is 55.5 Å². The zero-order valence-corrected chi connectivity index (χ0v) is 17.5. The molecule has 0 heterocycles. The van der Waals surface area contributed by atoms with E-state index >= 15 is 0 Å². The van der Waals surface area contributed by atoms with Crippen molar-refractivity contribution in [2.24, 2.45) is 0 Å². The molecule has 3 rings (SSSR count). The van der Waals surface area contributed by atoms with E-state index in [4.69, 9.17) is 21.1 Å². The summed E-state index contributed by atoms with van der Waals surface area (Å²) in [6, 6.07) is 24.2. The van der Waals surface area contributed by atoms with Gasteiger partial charge in [0.15, 0.2) is 0 Å². The maximum Gasteiger partial charge on any atom is 0.127 e. The molecule has 0 radical (unpaired) electrons. The number of ether oxygens (including phenoxy) is 2. The lowest BCUT2D eigenvalue weighted by Gasteiger charge is -2.31. The van der Waals surface area contributed by atoms with Gasteiger partial charge in [-0.05, 0) is 67.3 Å². The van der Waals surface area contributed by atoms with Gasteiger partial charge in [0.1, 0.15) is 11.5 Å². The van der Waals surface area contributed by atoms with Crippen molar-refractivity contribution in [1.29, 1.82) is 0 Å². The molecule has 0 aromatic heterocycles. The van der Waals surface area contributed by atoms with Crippen LogP contribution in [0.15, 0.2) is 72.8 Å². The van der Waals surface area contributed by atoms with Crippen LogP contribution in [0.1, 0.15) is 37.0 Å². The minimum absolute atomic E-state index is 0.460. The largest absolute Gasteiger partial charge is 0.457 e. The normalized spacial score (nSPS) is 13.1. The van der Waals surface area contributed by atoms with E-state index in [2.05, 4.69) is 38.1 Å².